The first-order valence-corrected chi connectivity index (χ1v) is 8.47. The molecule has 0 aliphatic carbocycles. The maximum Gasteiger partial charge on any atom is 0.216 e. The van der Waals surface area contributed by atoms with E-state index in [1.54, 1.807) is 11.8 Å². The van der Waals surface area contributed by atoms with Crippen LogP contribution in [-0.2, 0) is 9.53 Å². The Kier molecular flexibility index (Phi) is 8.52. The lowest BCUT2D eigenvalue weighted by atomic mass is 10.0. The van der Waals surface area contributed by atoms with Gasteiger partial charge in [-0.25, -0.2) is 0 Å². The van der Waals surface area contributed by atoms with Crippen LogP contribution in [0.3, 0.4) is 0 Å². The molecule has 0 aromatic rings. The minimum Gasteiger partial charge on any atom is -0.390 e. The SMILES string of the molecule is CCCCCCS[C@@H]1O[C@@H](CNC(C)=O)C[C@@H](O)[C@H]1O. The van der Waals surface area contributed by atoms with Crippen LogP contribution in [0.1, 0.15) is 46.0 Å². The molecule has 0 aromatic carbocycles. The molecule has 5 nitrogen and oxygen atoms in total. The van der Waals surface area contributed by atoms with Gasteiger partial charge in [0.05, 0.1) is 12.2 Å². The summed E-state index contributed by atoms with van der Waals surface area (Å²) in [5.41, 5.74) is -0.404. The second kappa shape index (κ2) is 9.60. The molecule has 20 heavy (non-hydrogen) atoms. The van der Waals surface area contributed by atoms with Crippen LogP contribution in [0.5, 0.6) is 0 Å². The molecule has 1 saturated heterocycles. The van der Waals surface area contributed by atoms with Gasteiger partial charge >= 0.3 is 0 Å². The van der Waals surface area contributed by atoms with E-state index < -0.39 is 17.6 Å². The average Bonchev–Trinajstić information content (AvgIpc) is 2.41. The Labute approximate surface area is 125 Å². The number of hydrogen-bond donors (Lipinski definition) is 3. The standard InChI is InChI=1S/C14H27NO4S/c1-3-4-5-6-7-20-14-13(18)12(17)8-11(19-14)9-15-10(2)16/h11-14,17-18H,3-9H2,1-2H3,(H,15,16)/t11-,12-,13-,14+/m1/s1. The lowest BCUT2D eigenvalue weighted by molar-refractivity contribution is -0.137. The summed E-state index contributed by atoms with van der Waals surface area (Å²) in [6, 6.07) is 0. The topological polar surface area (TPSA) is 78.8 Å². The Morgan fingerprint density at radius 1 is 1.35 bits per heavy atom. The predicted molar refractivity (Wildman–Crippen MR) is 80.6 cm³/mol. The number of amides is 1. The number of nitrogens with one attached hydrogen (secondary N) is 1. The zero-order chi connectivity index (χ0) is 15.0. The molecule has 0 unspecified atom stereocenters. The van der Waals surface area contributed by atoms with E-state index in [9.17, 15) is 15.0 Å². The summed E-state index contributed by atoms with van der Waals surface area (Å²) >= 11 is 1.55. The van der Waals surface area contributed by atoms with E-state index in [4.69, 9.17) is 4.74 Å². The second-order valence-corrected chi connectivity index (χ2v) is 6.49. The summed E-state index contributed by atoms with van der Waals surface area (Å²) < 4.78 is 5.76. The smallest absolute Gasteiger partial charge is 0.216 e. The van der Waals surface area contributed by atoms with Crippen LogP contribution < -0.4 is 5.32 Å². The highest BCUT2D eigenvalue weighted by Crippen LogP contribution is 2.28. The van der Waals surface area contributed by atoms with Crippen molar-refractivity contribution in [2.24, 2.45) is 0 Å². The number of aliphatic hydroxyl groups is 2. The first kappa shape index (κ1) is 17.8. The summed E-state index contributed by atoms with van der Waals surface area (Å²) in [4.78, 5) is 10.9. The van der Waals surface area contributed by atoms with Crippen LogP contribution in [0.2, 0.25) is 0 Å². The fourth-order valence-corrected chi connectivity index (χ4v) is 3.39. The van der Waals surface area contributed by atoms with Crippen LogP contribution >= 0.6 is 11.8 Å². The molecule has 1 fully saturated rings. The van der Waals surface area contributed by atoms with Gasteiger partial charge in [-0.3, -0.25) is 4.79 Å². The van der Waals surface area contributed by atoms with Gasteiger partial charge in [0, 0.05) is 19.9 Å². The van der Waals surface area contributed by atoms with Gasteiger partial charge in [0.15, 0.2) is 0 Å². The van der Waals surface area contributed by atoms with Crippen molar-refractivity contribution in [1.82, 2.24) is 5.32 Å². The minimum absolute atomic E-state index is 0.113. The average molecular weight is 305 g/mol. The highest BCUT2D eigenvalue weighted by molar-refractivity contribution is 7.99. The molecule has 1 amide bonds. The third-order valence-corrected chi connectivity index (χ3v) is 4.61. The van der Waals surface area contributed by atoms with Gasteiger partial charge in [0.2, 0.25) is 5.91 Å². The molecular formula is C14H27NO4S. The zero-order valence-electron chi connectivity index (χ0n) is 12.4. The molecule has 6 heteroatoms. The quantitative estimate of drug-likeness (QED) is 0.589. The summed E-state index contributed by atoms with van der Waals surface area (Å²) in [7, 11) is 0. The summed E-state index contributed by atoms with van der Waals surface area (Å²) in [5.74, 6) is 0.805. The summed E-state index contributed by atoms with van der Waals surface area (Å²) in [6.45, 7) is 4.00. The van der Waals surface area contributed by atoms with Gasteiger partial charge < -0.3 is 20.3 Å². The number of thioether (sulfide) groups is 1. The van der Waals surface area contributed by atoms with Crippen molar-refractivity contribution in [3.8, 4) is 0 Å². The van der Waals surface area contributed by atoms with Gasteiger partial charge in [-0.2, -0.15) is 0 Å². The van der Waals surface area contributed by atoms with Crippen molar-refractivity contribution in [3.63, 3.8) is 0 Å². The van der Waals surface area contributed by atoms with Crippen molar-refractivity contribution >= 4 is 17.7 Å². The Morgan fingerprint density at radius 2 is 2.10 bits per heavy atom. The van der Waals surface area contributed by atoms with E-state index in [-0.39, 0.29) is 12.0 Å². The van der Waals surface area contributed by atoms with Gasteiger partial charge in [-0.05, 0) is 12.2 Å². The predicted octanol–water partition coefficient (Wildman–Crippen LogP) is 1.27. The number of aliphatic hydroxyl groups excluding tert-OH is 2. The fourth-order valence-electron chi connectivity index (χ4n) is 2.17. The molecule has 0 bridgehead atoms. The van der Waals surface area contributed by atoms with Crippen molar-refractivity contribution in [2.45, 2.75) is 69.7 Å². The Bertz CT molecular complexity index is 290. The van der Waals surface area contributed by atoms with Crippen molar-refractivity contribution in [3.05, 3.63) is 0 Å². The molecule has 0 aromatic heterocycles. The molecule has 3 N–H and O–H groups in total. The van der Waals surface area contributed by atoms with Gasteiger partial charge in [-0.1, -0.05) is 26.2 Å². The Morgan fingerprint density at radius 3 is 2.75 bits per heavy atom. The Balaban J connectivity index is 2.32. The summed E-state index contributed by atoms with van der Waals surface area (Å²) in [6.07, 6.45) is 3.20. The van der Waals surface area contributed by atoms with Crippen LogP contribution in [-0.4, -0.2) is 52.2 Å². The van der Waals surface area contributed by atoms with Crippen LogP contribution in [0.15, 0.2) is 0 Å². The minimum atomic E-state index is -0.847. The van der Waals surface area contributed by atoms with E-state index in [0.717, 1.165) is 12.2 Å². The molecule has 118 valence electrons. The lowest BCUT2D eigenvalue weighted by Gasteiger charge is -2.36. The number of hydrogen-bond acceptors (Lipinski definition) is 5. The molecular weight excluding hydrogens is 278 g/mol. The maximum atomic E-state index is 10.9. The molecule has 1 aliphatic rings. The third-order valence-electron chi connectivity index (χ3n) is 3.36. The molecule has 4 atom stereocenters. The molecule has 1 aliphatic heterocycles. The van der Waals surface area contributed by atoms with E-state index in [2.05, 4.69) is 12.2 Å². The van der Waals surface area contributed by atoms with E-state index in [1.807, 2.05) is 0 Å². The fraction of sp³-hybridized carbons (Fsp3) is 0.929. The van der Waals surface area contributed by atoms with Crippen molar-refractivity contribution in [1.29, 1.82) is 0 Å². The molecule has 1 heterocycles. The molecule has 0 radical (unpaired) electrons. The van der Waals surface area contributed by atoms with Gasteiger partial charge in [0.25, 0.3) is 0 Å². The summed E-state index contributed by atoms with van der Waals surface area (Å²) in [5, 5.41) is 22.5. The van der Waals surface area contributed by atoms with Crippen molar-refractivity contribution in [2.75, 3.05) is 12.3 Å². The van der Waals surface area contributed by atoms with Crippen LogP contribution in [0.4, 0.5) is 0 Å². The largest absolute Gasteiger partial charge is 0.390 e. The molecule has 0 saturated carbocycles. The van der Waals surface area contributed by atoms with Crippen LogP contribution in [0, 0.1) is 0 Å². The van der Waals surface area contributed by atoms with E-state index >= 15 is 0 Å². The first-order chi connectivity index (χ1) is 9.54. The third kappa shape index (κ3) is 6.43. The number of carbonyl (C=O) groups is 1. The number of rotatable bonds is 8. The highest BCUT2D eigenvalue weighted by atomic mass is 32.2. The normalized spacial score (nSPS) is 30.2. The second-order valence-electron chi connectivity index (χ2n) is 5.29. The molecule has 1 rings (SSSR count). The van der Waals surface area contributed by atoms with E-state index in [1.165, 1.54) is 26.2 Å². The molecule has 0 spiro atoms. The van der Waals surface area contributed by atoms with E-state index in [0.29, 0.717) is 13.0 Å². The zero-order valence-corrected chi connectivity index (χ0v) is 13.2. The number of ether oxygens (including phenoxy) is 1. The van der Waals surface area contributed by atoms with Crippen molar-refractivity contribution < 1.29 is 19.7 Å². The monoisotopic (exact) mass is 305 g/mol. The Hall–Kier alpha value is -0.300. The first-order valence-electron chi connectivity index (χ1n) is 7.42. The number of unbranched alkanes of at least 4 members (excludes halogenated alkanes) is 3. The number of carbonyl (C=O) groups excluding carboxylic acids is 1. The van der Waals surface area contributed by atoms with Gasteiger partial charge in [-0.15, -0.1) is 11.8 Å². The maximum absolute atomic E-state index is 10.9. The highest BCUT2D eigenvalue weighted by Gasteiger charge is 2.36. The van der Waals surface area contributed by atoms with Gasteiger partial charge in [0.1, 0.15) is 11.5 Å². The lowest BCUT2D eigenvalue weighted by Crippen LogP contribution is -2.49. The van der Waals surface area contributed by atoms with Crippen LogP contribution in [0.25, 0.3) is 0 Å².